The molecule has 6 nitrogen and oxygen atoms in total. The molecular formula is C21H22FN3O3. The highest BCUT2D eigenvalue weighted by atomic mass is 19.1. The van der Waals surface area contributed by atoms with Crippen LogP contribution >= 0.6 is 0 Å². The van der Waals surface area contributed by atoms with Crippen LogP contribution in [0.15, 0.2) is 36.7 Å². The van der Waals surface area contributed by atoms with Crippen molar-refractivity contribution in [2.45, 2.75) is 26.2 Å². The van der Waals surface area contributed by atoms with Crippen LogP contribution in [0.25, 0.3) is 11.1 Å². The van der Waals surface area contributed by atoms with Crippen LogP contribution in [0.4, 0.5) is 14.9 Å². The number of nitrogens with one attached hydrogen (secondary N) is 1. The van der Waals surface area contributed by atoms with Gasteiger partial charge in [-0.3, -0.25) is 9.78 Å². The number of benzene rings is 1. The van der Waals surface area contributed by atoms with Crippen molar-refractivity contribution in [2.24, 2.45) is 11.3 Å². The Hall–Kier alpha value is -2.96. The number of aryl methyl sites for hydroxylation is 1. The zero-order chi connectivity index (χ0) is 19.9. The molecule has 7 heteroatoms. The molecule has 4 rings (SSSR count). The molecule has 146 valence electrons. The molecule has 1 saturated heterocycles. The summed E-state index contributed by atoms with van der Waals surface area (Å²) in [5.41, 5.74) is 2.05. The molecule has 2 aliphatic rings. The van der Waals surface area contributed by atoms with E-state index < -0.39 is 17.2 Å². The molecular weight excluding hydrogens is 361 g/mol. The van der Waals surface area contributed by atoms with E-state index in [-0.39, 0.29) is 18.5 Å². The quantitative estimate of drug-likeness (QED) is 0.842. The number of rotatable bonds is 3. The number of aromatic nitrogens is 1. The number of aliphatic carboxylic acids is 1. The van der Waals surface area contributed by atoms with Crippen molar-refractivity contribution in [3.05, 3.63) is 48.0 Å². The second-order valence-electron chi connectivity index (χ2n) is 7.78. The van der Waals surface area contributed by atoms with Gasteiger partial charge in [-0.25, -0.2) is 9.18 Å². The first-order valence-corrected chi connectivity index (χ1v) is 9.40. The molecule has 1 saturated carbocycles. The molecule has 2 aromatic rings. The van der Waals surface area contributed by atoms with Crippen LogP contribution in [0.5, 0.6) is 0 Å². The molecule has 0 bridgehead atoms. The Morgan fingerprint density at radius 1 is 1.29 bits per heavy atom. The predicted octanol–water partition coefficient (Wildman–Crippen LogP) is 3.91. The first-order chi connectivity index (χ1) is 13.4. The number of anilines is 1. The summed E-state index contributed by atoms with van der Waals surface area (Å²) in [4.78, 5) is 30.1. The fraction of sp³-hybridized carbons (Fsp3) is 0.381. The number of likely N-dealkylation sites (tertiary alicyclic amines) is 1. The van der Waals surface area contributed by atoms with Crippen LogP contribution in [0.3, 0.4) is 0 Å². The lowest BCUT2D eigenvalue weighted by Crippen LogP contribution is -2.38. The lowest BCUT2D eigenvalue weighted by atomic mass is 9.81. The summed E-state index contributed by atoms with van der Waals surface area (Å²) < 4.78 is 13.5. The Kier molecular flexibility index (Phi) is 4.53. The largest absolute Gasteiger partial charge is 0.481 e. The van der Waals surface area contributed by atoms with Gasteiger partial charge in [0.15, 0.2) is 0 Å². The molecule has 2 N–H and O–H groups in total. The Morgan fingerprint density at radius 3 is 2.82 bits per heavy atom. The van der Waals surface area contributed by atoms with Crippen LogP contribution in [0.2, 0.25) is 0 Å². The molecule has 0 spiro atoms. The molecule has 1 aromatic carbocycles. The number of pyridine rings is 1. The maximum atomic E-state index is 13.5. The van der Waals surface area contributed by atoms with Crippen LogP contribution < -0.4 is 5.32 Å². The Labute approximate surface area is 162 Å². The molecule has 1 aliphatic heterocycles. The van der Waals surface area contributed by atoms with E-state index in [1.807, 2.05) is 19.1 Å². The normalized spacial score (nSPS) is 23.5. The first kappa shape index (κ1) is 18.4. The zero-order valence-corrected chi connectivity index (χ0v) is 15.6. The number of carbonyl (C=O) groups excluding carboxylic acids is 1. The number of nitrogens with zero attached hydrogens (tertiary/aromatic N) is 2. The van der Waals surface area contributed by atoms with Gasteiger partial charge in [-0.2, -0.15) is 0 Å². The smallest absolute Gasteiger partial charge is 0.321 e. The second kappa shape index (κ2) is 6.89. The molecule has 2 atom stereocenters. The van der Waals surface area contributed by atoms with Gasteiger partial charge in [0, 0.05) is 30.5 Å². The fourth-order valence-corrected chi connectivity index (χ4v) is 4.49. The van der Waals surface area contributed by atoms with Gasteiger partial charge < -0.3 is 15.3 Å². The number of fused-ring (bicyclic) bond motifs is 1. The van der Waals surface area contributed by atoms with E-state index in [2.05, 4.69) is 10.3 Å². The van der Waals surface area contributed by atoms with Gasteiger partial charge >= 0.3 is 12.0 Å². The van der Waals surface area contributed by atoms with Crippen molar-refractivity contribution in [2.75, 3.05) is 18.4 Å². The minimum atomic E-state index is -0.804. The minimum Gasteiger partial charge on any atom is -0.481 e. The van der Waals surface area contributed by atoms with Gasteiger partial charge in [-0.1, -0.05) is 18.6 Å². The first-order valence-electron chi connectivity index (χ1n) is 9.40. The minimum absolute atomic E-state index is 0.0153. The van der Waals surface area contributed by atoms with Crippen molar-refractivity contribution >= 4 is 17.7 Å². The third-order valence-electron chi connectivity index (χ3n) is 6.10. The molecule has 2 fully saturated rings. The maximum Gasteiger partial charge on any atom is 0.321 e. The number of carboxylic acids is 1. The number of hydrogen-bond acceptors (Lipinski definition) is 3. The van der Waals surface area contributed by atoms with Crippen LogP contribution in [-0.2, 0) is 4.79 Å². The Bertz CT molecular complexity index is 948. The van der Waals surface area contributed by atoms with Crippen molar-refractivity contribution in [1.82, 2.24) is 9.88 Å². The van der Waals surface area contributed by atoms with E-state index in [9.17, 15) is 19.1 Å². The van der Waals surface area contributed by atoms with E-state index in [1.54, 1.807) is 17.2 Å². The molecule has 28 heavy (non-hydrogen) atoms. The third-order valence-corrected chi connectivity index (χ3v) is 6.10. The van der Waals surface area contributed by atoms with Gasteiger partial charge in [0.1, 0.15) is 5.82 Å². The monoisotopic (exact) mass is 383 g/mol. The number of carbonyl (C=O) groups is 2. The topological polar surface area (TPSA) is 82.5 Å². The summed E-state index contributed by atoms with van der Waals surface area (Å²) in [6, 6.07) is 6.58. The molecule has 1 aromatic heterocycles. The van der Waals surface area contributed by atoms with Gasteiger partial charge in [0.25, 0.3) is 0 Å². The maximum absolute atomic E-state index is 13.5. The van der Waals surface area contributed by atoms with Crippen molar-refractivity contribution in [3.63, 3.8) is 0 Å². The van der Waals surface area contributed by atoms with E-state index in [0.717, 1.165) is 30.2 Å². The van der Waals surface area contributed by atoms with Crippen molar-refractivity contribution < 1.29 is 19.1 Å². The van der Waals surface area contributed by atoms with Crippen molar-refractivity contribution in [1.29, 1.82) is 0 Å². The van der Waals surface area contributed by atoms with E-state index >= 15 is 0 Å². The highest BCUT2D eigenvalue weighted by molar-refractivity contribution is 5.92. The number of amides is 2. The molecule has 0 radical (unpaired) electrons. The lowest BCUT2D eigenvalue weighted by molar-refractivity contribution is -0.149. The predicted molar refractivity (Wildman–Crippen MR) is 102 cm³/mol. The number of carboxylic acid groups (broad SMARTS) is 1. The number of hydrogen-bond donors (Lipinski definition) is 2. The fourth-order valence-electron chi connectivity index (χ4n) is 4.49. The van der Waals surface area contributed by atoms with E-state index in [1.165, 1.54) is 6.07 Å². The molecule has 1 aliphatic carbocycles. The standard InChI is InChI=1S/C21H22FN3O3/c1-13-4-5-14(15-7-17(22)10-23-9-15)8-18(13)24-20(28)25-11-16-3-2-6-21(16,12-25)19(26)27/h4-5,7-10,16H,2-3,6,11-12H2,1H3,(H,24,28)(H,26,27)/t16-,21+/m0/s1. The summed E-state index contributed by atoms with van der Waals surface area (Å²) in [6.07, 6.45) is 5.07. The Morgan fingerprint density at radius 2 is 2.11 bits per heavy atom. The third kappa shape index (κ3) is 3.10. The van der Waals surface area contributed by atoms with Crippen LogP contribution in [-0.4, -0.2) is 40.1 Å². The highest BCUT2D eigenvalue weighted by Crippen LogP contribution is 2.49. The van der Waals surface area contributed by atoms with Crippen LogP contribution in [0.1, 0.15) is 24.8 Å². The SMILES string of the molecule is Cc1ccc(-c2cncc(F)c2)cc1NC(=O)N1C[C@@H]2CCC[C@@]2(C(=O)O)C1. The van der Waals surface area contributed by atoms with Gasteiger partial charge in [-0.05, 0) is 48.9 Å². The zero-order valence-electron chi connectivity index (χ0n) is 15.6. The van der Waals surface area contributed by atoms with Gasteiger partial charge in [0.05, 0.1) is 11.6 Å². The summed E-state index contributed by atoms with van der Waals surface area (Å²) >= 11 is 0. The second-order valence-corrected chi connectivity index (χ2v) is 7.78. The summed E-state index contributed by atoms with van der Waals surface area (Å²) in [6.45, 7) is 2.58. The lowest BCUT2D eigenvalue weighted by Gasteiger charge is -2.23. The summed E-state index contributed by atoms with van der Waals surface area (Å²) in [5, 5.41) is 12.6. The van der Waals surface area contributed by atoms with E-state index in [0.29, 0.717) is 24.2 Å². The van der Waals surface area contributed by atoms with E-state index in [4.69, 9.17) is 0 Å². The summed E-state index contributed by atoms with van der Waals surface area (Å²) in [5.74, 6) is -1.21. The number of urea groups is 1. The summed E-state index contributed by atoms with van der Waals surface area (Å²) in [7, 11) is 0. The van der Waals surface area contributed by atoms with Crippen LogP contribution in [0, 0.1) is 24.1 Å². The molecule has 2 heterocycles. The van der Waals surface area contributed by atoms with Crippen molar-refractivity contribution in [3.8, 4) is 11.1 Å². The molecule has 2 amide bonds. The highest BCUT2D eigenvalue weighted by Gasteiger charge is 2.55. The number of halogens is 1. The molecule has 0 unspecified atom stereocenters. The van der Waals surface area contributed by atoms with Gasteiger partial charge in [-0.15, -0.1) is 0 Å². The average molecular weight is 383 g/mol. The van der Waals surface area contributed by atoms with Gasteiger partial charge in [0.2, 0.25) is 0 Å². The average Bonchev–Trinajstić information content (AvgIpc) is 3.22. The Balaban J connectivity index is 1.54.